The minimum absolute atomic E-state index is 0.176. The Morgan fingerprint density at radius 2 is 2.13 bits per heavy atom. The number of hydrogen-bond donors (Lipinski definition) is 2. The second-order valence-electron chi connectivity index (χ2n) is 8.25. The number of nitrogens with two attached hydrogens (primary N) is 1. The molecule has 0 radical (unpaired) electrons. The molecule has 3 aromatic heterocycles. The van der Waals surface area contributed by atoms with Crippen LogP contribution in [0.15, 0.2) is 36.8 Å². The van der Waals surface area contributed by atoms with Crippen molar-refractivity contribution in [3.63, 3.8) is 0 Å². The number of nitrogens with zero attached hydrogens (tertiary/aromatic N) is 5. The lowest BCUT2D eigenvalue weighted by molar-refractivity contribution is 0.122. The lowest BCUT2D eigenvalue weighted by atomic mass is 10.1. The summed E-state index contributed by atoms with van der Waals surface area (Å²) in [5, 5.41) is 23.3. The Bertz CT molecular complexity index is 1110. The monoisotopic (exact) mass is 404 g/mol. The highest BCUT2D eigenvalue weighted by Gasteiger charge is 2.54. The number of hydrogen-bond acceptors (Lipinski definition) is 7. The molecule has 8 heteroatoms. The van der Waals surface area contributed by atoms with Gasteiger partial charge in [-0.15, -0.1) is 0 Å². The van der Waals surface area contributed by atoms with Gasteiger partial charge in [-0.05, 0) is 49.4 Å². The van der Waals surface area contributed by atoms with Gasteiger partial charge in [0.1, 0.15) is 24.2 Å². The SMILES string of the molecule is CC(O)COc1cc(-c2ccc(N3CC4C(CN)C4C3)nc2)c2c(C#N)cnn2c1. The third-order valence-corrected chi connectivity index (χ3v) is 6.22. The lowest BCUT2D eigenvalue weighted by Crippen LogP contribution is -2.26. The highest BCUT2D eigenvalue weighted by molar-refractivity contribution is 5.85. The zero-order valence-corrected chi connectivity index (χ0v) is 16.8. The molecule has 4 heterocycles. The number of ether oxygens (including phenoxy) is 1. The molecule has 0 bridgehead atoms. The molecule has 154 valence electrons. The van der Waals surface area contributed by atoms with Gasteiger partial charge in [0.15, 0.2) is 0 Å². The molecule has 5 rings (SSSR count). The molecular formula is C22H24N6O2. The van der Waals surface area contributed by atoms with E-state index in [2.05, 4.69) is 16.1 Å². The van der Waals surface area contributed by atoms with Crippen LogP contribution in [0.4, 0.5) is 5.82 Å². The van der Waals surface area contributed by atoms with E-state index in [1.807, 2.05) is 24.4 Å². The van der Waals surface area contributed by atoms with E-state index < -0.39 is 6.10 Å². The number of rotatable bonds is 6. The molecule has 1 aliphatic heterocycles. The van der Waals surface area contributed by atoms with Gasteiger partial charge in [-0.25, -0.2) is 9.50 Å². The summed E-state index contributed by atoms with van der Waals surface area (Å²) in [4.78, 5) is 7.02. The van der Waals surface area contributed by atoms with E-state index >= 15 is 0 Å². The Balaban J connectivity index is 1.46. The number of nitriles is 1. The fraction of sp³-hybridized carbons (Fsp3) is 0.409. The number of aliphatic hydroxyl groups is 1. The Labute approximate surface area is 174 Å². The second kappa shape index (κ2) is 7.27. The van der Waals surface area contributed by atoms with Crippen LogP contribution < -0.4 is 15.4 Å². The maximum Gasteiger partial charge on any atom is 0.138 e. The molecule has 0 spiro atoms. The number of pyridine rings is 2. The summed E-state index contributed by atoms with van der Waals surface area (Å²) in [6.45, 7) is 4.67. The topological polar surface area (TPSA) is 113 Å². The number of fused-ring (bicyclic) bond motifs is 2. The van der Waals surface area contributed by atoms with Gasteiger partial charge in [-0.3, -0.25) is 0 Å². The van der Waals surface area contributed by atoms with Crippen molar-refractivity contribution in [3.8, 4) is 22.9 Å². The van der Waals surface area contributed by atoms with Gasteiger partial charge < -0.3 is 20.5 Å². The molecule has 30 heavy (non-hydrogen) atoms. The lowest BCUT2D eigenvalue weighted by Gasteiger charge is -2.21. The molecule has 1 saturated carbocycles. The largest absolute Gasteiger partial charge is 0.489 e. The van der Waals surface area contributed by atoms with Crippen molar-refractivity contribution in [1.29, 1.82) is 5.26 Å². The predicted molar refractivity (Wildman–Crippen MR) is 112 cm³/mol. The van der Waals surface area contributed by atoms with Gasteiger partial charge in [0.25, 0.3) is 0 Å². The summed E-state index contributed by atoms with van der Waals surface area (Å²) < 4.78 is 7.33. The molecule has 3 unspecified atom stereocenters. The highest BCUT2D eigenvalue weighted by Crippen LogP contribution is 2.51. The fourth-order valence-corrected chi connectivity index (χ4v) is 4.61. The van der Waals surface area contributed by atoms with Crippen LogP contribution in [0.1, 0.15) is 12.5 Å². The van der Waals surface area contributed by atoms with E-state index in [1.165, 1.54) is 0 Å². The van der Waals surface area contributed by atoms with Crippen LogP contribution in [0, 0.1) is 29.1 Å². The van der Waals surface area contributed by atoms with Gasteiger partial charge in [0.05, 0.1) is 29.6 Å². The first-order valence-corrected chi connectivity index (χ1v) is 10.2. The van der Waals surface area contributed by atoms with Crippen LogP contribution in [0.3, 0.4) is 0 Å². The smallest absolute Gasteiger partial charge is 0.138 e. The van der Waals surface area contributed by atoms with E-state index in [4.69, 9.17) is 15.5 Å². The van der Waals surface area contributed by atoms with Gasteiger partial charge in [-0.2, -0.15) is 10.4 Å². The summed E-state index contributed by atoms with van der Waals surface area (Å²) in [6, 6.07) is 8.12. The second-order valence-corrected chi connectivity index (χ2v) is 8.25. The number of aromatic nitrogens is 3. The van der Waals surface area contributed by atoms with E-state index in [9.17, 15) is 10.4 Å². The summed E-state index contributed by atoms with van der Waals surface area (Å²) in [5.41, 5.74) is 8.72. The molecule has 8 nitrogen and oxygen atoms in total. The first-order chi connectivity index (χ1) is 14.6. The molecule has 1 saturated heterocycles. The molecule has 3 N–H and O–H groups in total. The summed E-state index contributed by atoms with van der Waals surface area (Å²) in [5.74, 6) is 3.65. The maximum atomic E-state index is 9.53. The van der Waals surface area contributed by atoms with Gasteiger partial charge in [-0.1, -0.05) is 0 Å². The first kappa shape index (κ1) is 18.9. The van der Waals surface area contributed by atoms with Crippen LogP contribution in [0.5, 0.6) is 5.75 Å². The number of piperidine rings is 1. The molecule has 2 fully saturated rings. The molecule has 3 atom stereocenters. The van der Waals surface area contributed by atoms with Gasteiger partial charge in [0.2, 0.25) is 0 Å². The third kappa shape index (κ3) is 3.16. The van der Waals surface area contributed by atoms with Crippen molar-refractivity contribution in [3.05, 3.63) is 42.4 Å². The predicted octanol–water partition coefficient (Wildman–Crippen LogP) is 1.67. The molecule has 2 aliphatic rings. The van der Waals surface area contributed by atoms with E-state index in [0.717, 1.165) is 36.6 Å². The third-order valence-electron chi connectivity index (χ3n) is 6.22. The number of anilines is 1. The average Bonchev–Trinajstić information content (AvgIpc) is 3.08. The number of aliphatic hydroxyl groups excluding tert-OH is 1. The quantitative estimate of drug-likeness (QED) is 0.642. The minimum atomic E-state index is -0.581. The van der Waals surface area contributed by atoms with Crippen LogP contribution >= 0.6 is 0 Å². The van der Waals surface area contributed by atoms with Crippen molar-refractivity contribution in [2.75, 3.05) is 31.1 Å². The molecular weight excluding hydrogens is 380 g/mol. The van der Waals surface area contributed by atoms with Crippen molar-refractivity contribution >= 4 is 11.3 Å². The van der Waals surface area contributed by atoms with Crippen molar-refractivity contribution in [2.24, 2.45) is 23.5 Å². The Kier molecular flexibility index (Phi) is 4.57. The maximum absolute atomic E-state index is 9.53. The summed E-state index contributed by atoms with van der Waals surface area (Å²) in [7, 11) is 0. The Hall–Kier alpha value is -3.15. The normalized spacial score (nSPS) is 23.3. The summed E-state index contributed by atoms with van der Waals surface area (Å²) in [6.07, 6.45) is 4.52. The summed E-state index contributed by atoms with van der Waals surface area (Å²) >= 11 is 0. The first-order valence-electron chi connectivity index (χ1n) is 10.2. The zero-order valence-electron chi connectivity index (χ0n) is 16.8. The molecule has 0 amide bonds. The van der Waals surface area contributed by atoms with Crippen LogP contribution in [0.2, 0.25) is 0 Å². The molecule has 0 aromatic carbocycles. The van der Waals surface area contributed by atoms with E-state index in [-0.39, 0.29) is 6.61 Å². The van der Waals surface area contributed by atoms with E-state index in [0.29, 0.717) is 34.6 Å². The Morgan fingerprint density at radius 3 is 2.77 bits per heavy atom. The van der Waals surface area contributed by atoms with Gasteiger partial charge >= 0.3 is 0 Å². The highest BCUT2D eigenvalue weighted by atomic mass is 16.5. The average molecular weight is 404 g/mol. The molecule has 1 aliphatic carbocycles. The standard InChI is InChI=1S/C22H24N6O2/c1-13(29)12-30-16-4-17(22-15(5-23)8-26-28(22)9-16)14-2-3-21(25-7-14)27-10-19-18(6-24)20(19)11-27/h2-4,7-9,13,18-20,29H,6,10-12,24H2,1H3. The molecule has 3 aromatic rings. The van der Waals surface area contributed by atoms with E-state index in [1.54, 1.807) is 23.8 Å². The van der Waals surface area contributed by atoms with Crippen LogP contribution in [-0.2, 0) is 0 Å². The van der Waals surface area contributed by atoms with Crippen LogP contribution in [-0.4, -0.2) is 52.0 Å². The van der Waals surface area contributed by atoms with Crippen molar-refractivity contribution in [2.45, 2.75) is 13.0 Å². The van der Waals surface area contributed by atoms with Crippen LogP contribution in [0.25, 0.3) is 16.6 Å². The zero-order chi connectivity index (χ0) is 20.8. The van der Waals surface area contributed by atoms with Gasteiger partial charge in [0, 0.05) is 30.4 Å². The Morgan fingerprint density at radius 1 is 1.33 bits per heavy atom. The fourth-order valence-electron chi connectivity index (χ4n) is 4.61. The van der Waals surface area contributed by atoms with Crippen molar-refractivity contribution < 1.29 is 9.84 Å². The van der Waals surface area contributed by atoms with Crippen molar-refractivity contribution in [1.82, 2.24) is 14.6 Å². The minimum Gasteiger partial charge on any atom is -0.489 e.